The van der Waals surface area contributed by atoms with Gasteiger partial charge >= 0.3 is 0 Å². The molecular weight excluding hydrogens is 407 g/mol. The topological polar surface area (TPSA) is 84.3 Å². The second-order valence-corrected chi connectivity index (χ2v) is 9.00. The average Bonchev–Trinajstić information content (AvgIpc) is 3.06. The van der Waals surface area contributed by atoms with E-state index in [9.17, 15) is 17.6 Å². The highest BCUT2D eigenvalue weighted by Crippen LogP contribution is 2.24. The first-order valence-corrected chi connectivity index (χ1v) is 10.9. The largest absolute Gasteiger partial charge is 0.350 e. The Bertz CT molecular complexity index is 946. The maximum Gasteiger partial charge on any atom is 0.243 e. The molecule has 1 amide bonds. The normalized spacial score (nSPS) is 18.2. The summed E-state index contributed by atoms with van der Waals surface area (Å²) in [5.74, 6) is -1.20. The Labute approximate surface area is 168 Å². The average molecular weight is 429 g/mol. The molecule has 1 unspecified atom stereocenters. The van der Waals surface area contributed by atoms with Crippen LogP contribution < -0.4 is 5.32 Å². The molecule has 2 heterocycles. The van der Waals surface area contributed by atoms with Crippen molar-refractivity contribution >= 4 is 27.5 Å². The molecule has 1 atom stereocenters. The Balaban J connectivity index is 1.64. The highest BCUT2D eigenvalue weighted by molar-refractivity contribution is 7.89. The van der Waals surface area contributed by atoms with Crippen LogP contribution in [0.2, 0.25) is 5.02 Å². The van der Waals surface area contributed by atoms with Crippen LogP contribution in [0, 0.1) is 11.7 Å². The molecule has 0 bridgehead atoms. The molecule has 0 aliphatic carbocycles. The van der Waals surface area contributed by atoms with Gasteiger partial charge in [0.1, 0.15) is 11.5 Å². The predicted octanol–water partition coefficient (Wildman–Crippen LogP) is 2.41. The Hall–Kier alpha value is -1.97. The number of aryl methyl sites for hydroxylation is 1. The van der Waals surface area contributed by atoms with Gasteiger partial charge in [-0.15, -0.1) is 0 Å². The number of piperidine rings is 1. The SMILES string of the molecule is CCn1cc(Cl)c(CNC(=O)C2CCCN(S(=O)(=O)c3ccc(F)cc3)C2)n1. The van der Waals surface area contributed by atoms with Gasteiger partial charge in [0.05, 0.1) is 22.4 Å². The molecule has 1 N–H and O–H groups in total. The van der Waals surface area contributed by atoms with E-state index in [2.05, 4.69) is 10.4 Å². The van der Waals surface area contributed by atoms with Crippen LogP contribution >= 0.6 is 11.6 Å². The summed E-state index contributed by atoms with van der Waals surface area (Å²) in [4.78, 5) is 12.6. The van der Waals surface area contributed by atoms with Gasteiger partial charge in [0.25, 0.3) is 0 Å². The van der Waals surface area contributed by atoms with Crippen molar-refractivity contribution in [2.75, 3.05) is 13.1 Å². The van der Waals surface area contributed by atoms with Crippen molar-refractivity contribution in [2.45, 2.75) is 37.8 Å². The maximum atomic E-state index is 13.1. The van der Waals surface area contributed by atoms with E-state index < -0.39 is 21.8 Å². The van der Waals surface area contributed by atoms with Crippen LogP contribution in [-0.4, -0.2) is 41.5 Å². The van der Waals surface area contributed by atoms with Crippen molar-refractivity contribution in [3.8, 4) is 0 Å². The van der Waals surface area contributed by atoms with Crippen molar-refractivity contribution in [1.29, 1.82) is 0 Å². The number of nitrogens with one attached hydrogen (secondary N) is 1. The number of hydrogen-bond donors (Lipinski definition) is 1. The fourth-order valence-electron chi connectivity index (χ4n) is 3.16. The molecule has 0 spiro atoms. The first-order valence-electron chi connectivity index (χ1n) is 9.06. The number of sulfonamides is 1. The Morgan fingerprint density at radius 1 is 1.36 bits per heavy atom. The fraction of sp³-hybridized carbons (Fsp3) is 0.444. The third kappa shape index (κ3) is 4.53. The summed E-state index contributed by atoms with van der Waals surface area (Å²) in [6.45, 7) is 3.21. The van der Waals surface area contributed by atoms with Gasteiger partial charge in [0.15, 0.2) is 0 Å². The van der Waals surface area contributed by atoms with Crippen LogP contribution in [0.15, 0.2) is 35.4 Å². The third-order valence-electron chi connectivity index (χ3n) is 4.75. The minimum absolute atomic E-state index is 0.0202. The summed E-state index contributed by atoms with van der Waals surface area (Å²) in [5, 5.41) is 7.55. The van der Waals surface area contributed by atoms with Gasteiger partial charge in [-0.1, -0.05) is 11.6 Å². The fourth-order valence-corrected chi connectivity index (χ4v) is 4.91. The maximum absolute atomic E-state index is 13.1. The highest BCUT2D eigenvalue weighted by Gasteiger charge is 2.33. The summed E-state index contributed by atoms with van der Waals surface area (Å²) in [6.07, 6.45) is 2.86. The summed E-state index contributed by atoms with van der Waals surface area (Å²) < 4.78 is 41.6. The smallest absolute Gasteiger partial charge is 0.243 e. The molecule has 10 heteroatoms. The van der Waals surface area contributed by atoms with Crippen LogP contribution in [0.25, 0.3) is 0 Å². The quantitative estimate of drug-likeness (QED) is 0.765. The van der Waals surface area contributed by atoms with Gasteiger partial charge in [-0.25, -0.2) is 12.8 Å². The number of nitrogens with zero attached hydrogens (tertiary/aromatic N) is 3. The Morgan fingerprint density at radius 3 is 2.71 bits per heavy atom. The van der Waals surface area contributed by atoms with E-state index in [0.29, 0.717) is 36.6 Å². The van der Waals surface area contributed by atoms with Gasteiger partial charge in [-0.2, -0.15) is 9.40 Å². The zero-order valence-corrected chi connectivity index (χ0v) is 17.0. The van der Waals surface area contributed by atoms with E-state index in [-0.39, 0.29) is 23.9 Å². The lowest BCUT2D eigenvalue weighted by atomic mass is 9.99. The number of rotatable bonds is 6. The molecule has 28 heavy (non-hydrogen) atoms. The van der Waals surface area contributed by atoms with Gasteiger partial charge in [0, 0.05) is 25.8 Å². The van der Waals surface area contributed by atoms with E-state index in [1.54, 1.807) is 10.9 Å². The van der Waals surface area contributed by atoms with E-state index in [0.717, 1.165) is 12.1 Å². The molecule has 0 saturated carbocycles. The van der Waals surface area contributed by atoms with Crippen molar-refractivity contribution in [3.63, 3.8) is 0 Å². The zero-order valence-electron chi connectivity index (χ0n) is 15.4. The third-order valence-corrected chi connectivity index (χ3v) is 6.94. The van der Waals surface area contributed by atoms with Crippen molar-refractivity contribution in [2.24, 2.45) is 5.92 Å². The van der Waals surface area contributed by atoms with Crippen LogP contribution in [-0.2, 0) is 27.9 Å². The first kappa shape index (κ1) is 20.8. The number of carbonyl (C=O) groups is 1. The molecule has 1 fully saturated rings. The number of carbonyl (C=O) groups excluding carboxylic acids is 1. The standard InChI is InChI=1S/C18H22ClFN4O3S/c1-2-23-12-16(19)17(22-23)10-21-18(25)13-4-3-9-24(11-13)28(26,27)15-7-5-14(20)6-8-15/h5-8,12-13H,2-4,9-11H2,1H3,(H,21,25). The zero-order chi connectivity index (χ0) is 20.3. The van der Waals surface area contributed by atoms with Gasteiger partial charge < -0.3 is 5.32 Å². The lowest BCUT2D eigenvalue weighted by Gasteiger charge is -2.31. The monoisotopic (exact) mass is 428 g/mol. The van der Waals surface area contributed by atoms with Crippen LogP contribution in [0.4, 0.5) is 4.39 Å². The van der Waals surface area contributed by atoms with Crippen LogP contribution in [0.5, 0.6) is 0 Å². The predicted molar refractivity (Wildman–Crippen MR) is 103 cm³/mol. The number of hydrogen-bond acceptors (Lipinski definition) is 4. The Kier molecular flexibility index (Phi) is 6.36. The minimum atomic E-state index is -3.77. The van der Waals surface area contributed by atoms with Crippen molar-refractivity contribution < 1.29 is 17.6 Å². The molecule has 1 aromatic carbocycles. The summed E-state index contributed by atoms with van der Waals surface area (Å²) >= 11 is 6.11. The van der Waals surface area contributed by atoms with Gasteiger partial charge in [0.2, 0.25) is 15.9 Å². The molecule has 3 rings (SSSR count). The van der Waals surface area contributed by atoms with E-state index >= 15 is 0 Å². The van der Waals surface area contributed by atoms with E-state index in [1.807, 2.05) is 6.92 Å². The van der Waals surface area contributed by atoms with Gasteiger partial charge in [-0.3, -0.25) is 9.48 Å². The summed E-state index contributed by atoms with van der Waals surface area (Å²) in [6, 6.07) is 4.70. The summed E-state index contributed by atoms with van der Waals surface area (Å²) in [5.41, 5.74) is 0.573. The van der Waals surface area contributed by atoms with Crippen molar-refractivity contribution in [1.82, 2.24) is 19.4 Å². The van der Waals surface area contributed by atoms with Crippen molar-refractivity contribution in [3.05, 3.63) is 47.0 Å². The number of halogens is 2. The second-order valence-electron chi connectivity index (χ2n) is 6.65. The molecule has 1 saturated heterocycles. The lowest BCUT2D eigenvalue weighted by Crippen LogP contribution is -2.45. The molecular formula is C18H22ClFN4O3S. The number of aromatic nitrogens is 2. The molecule has 1 aliphatic heterocycles. The highest BCUT2D eigenvalue weighted by atomic mass is 35.5. The molecule has 0 radical (unpaired) electrons. The Morgan fingerprint density at radius 2 is 2.07 bits per heavy atom. The minimum Gasteiger partial charge on any atom is -0.350 e. The van der Waals surface area contributed by atoms with E-state index in [4.69, 9.17) is 11.6 Å². The molecule has 1 aliphatic rings. The molecule has 1 aromatic heterocycles. The van der Waals surface area contributed by atoms with E-state index in [1.165, 1.54) is 16.4 Å². The number of benzene rings is 1. The molecule has 7 nitrogen and oxygen atoms in total. The lowest BCUT2D eigenvalue weighted by molar-refractivity contribution is -0.126. The first-order chi connectivity index (χ1) is 13.3. The molecule has 152 valence electrons. The van der Waals surface area contributed by atoms with Crippen LogP contribution in [0.3, 0.4) is 0 Å². The second kappa shape index (κ2) is 8.59. The van der Waals surface area contributed by atoms with Gasteiger partial charge in [-0.05, 0) is 44.0 Å². The molecule has 2 aromatic rings. The summed E-state index contributed by atoms with van der Waals surface area (Å²) in [7, 11) is -3.77. The number of amides is 1. The van der Waals surface area contributed by atoms with Crippen LogP contribution in [0.1, 0.15) is 25.5 Å².